The van der Waals surface area contributed by atoms with Crippen LogP contribution in [0.1, 0.15) is 24.0 Å². The fraction of sp³-hybridized carbons (Fsp3) is 0.261. The first-order valence-corrected chi connectivity index (χ1v) is 9.47. The first kappa shape index (κ1) is 21.1. The molecule has 2 aromatic carbocycles. The third kappa shape index (κ3) is 5.45. The molecule has 1 saturated carbocycles. The number of benzene rings is 2. The van der Waals surface area contributed by atoms with E-state index in [9.17, 15) is 19.2 Å². The summed E-state index contributed by atoms with van der Waals surface area (Å²) in [5, 5.41) is 9.28. The Morgan fingerprint density at radius 1 is 1.20 bits per heavy atom. The minimum atomic E-state index is -0.886. The minimum Gasteiger partial charge on any atom is -0.497 e. The number of hydrogen-bond donors (Lipinski definition) is 0. The van der Waals surface area contributed by atoms with E-state index in [1.807, 2.05) is 0 Å². The van der Waals surface area contributed by atoms with Crippen LogP contribution in [0.5, 0.6) is 5.75 Å². The molecule has 0 aliphatic heterocycles. The van der Waals surface area contributed by atoms with Gasteiger partial charge in [0.2, 0.25) is 0 Å². The van der Waals surface area contributed by atoms with Crippen LogP contribution in [0.4, 0.5) is 4.39 Å². The zero-order chi connectivity index (χ0) is 21.5. The average Bonchev–Trinajstić information content (AvgIpc) is 3.60. The summed E-state index contributed by atoms with van der Waals surface area (Å²) in [5.74, 6) is -1.05. The van der Waals surface area contributed by atoms with E-state index >= 15 is 0 Å². The van der Waals surface area contributed by atoms with Gasteiger partial charge >= 0.3 is 5.97 Å². The Hall–Kier alpha value is -3.66. The van der Waals surface area contributed by atoms with Gasteiger partial charge in [0.05, 0.1) is 7.11 Å². The molecule has 1 aliphatic carbocycles. The third-order valence-corrected chi connectivity index (χ3v) is 4.70. The smallest absolute Gasteiger partial charge is 0.349 e. The van der Waals surface area contributed by atoms with E-state index in [2.05, 4.69) is 0 Å². The Morgan fingerprint density at radius 3 is 2.50 bits per heavy atom. The van der Waals surface area contributed by atoms with Gasteiger partial charge < -0.3 is 14.4 Å². The molecule has 0 unspecified atom stereocenters. The van der Waals surface area contributed by atoms with Crippen molar-refractivity contribution in [3.8, 4) is 11.8 Å². The molecule has 1 amide bonds. The molecule has 7 heteroatoms. The largest absolute Gasteiger partial charge is 0.497 e. The second-order valence-corrected chi connectivity index (χ2v) is 6.86. The van der Waals surface area contributed by atoms with Crippen LogP contribution in [0.2, 0.25) is 0 Å². The fourth-order valence-electron chi connectivity index (χ4n) is 2.91. The Labute approximate surface area is 174 Å². The average molecular weight is 408 g/mol. The first-order valence-electron chi connectivity index (χ1n) is 9.47. The molecule has 6 nitrogen and oxygen atoms in total. The van der Waals surface area contributed by atoms with Gasteiger partial charge in [-0.05, 0) is 42.7 Å². The van der Waals surface area contributed by atoms with Crippen LogP contribution in [-0.2, 0) is 20.9 Å². The summed E-state index contributed by atoms with van der Waals surface area (Å²) < 4.78 is 24.1. The Kier molecular flexibility index (Phi) is 6.81. The topological polar surface area (TPSA) is 79.6 Å². The van der Waals surface area contributed by atoms with Gasteiger partial charge in [0.1, 0.15) is 23.2 Å². The molecule has 0 N–H and O–H groups in total. The molecule has 0 heterocycles. The van der Waals surface area contributed by atoms with E-state index in [0.29, 0.717) is 16.9 Å². The number of esters is 1. The summed E-state index contributed by atoms with van der Waals surface area (Å²) in [5.41, 5.74) is 0.802. The van der Waals surface area contributed by atoms with Gasteiger partial charge in [-0.1, -0.05) is 30.3 Å². The molecule has 0 aromatic heterocycles. The van der Waals surface area contributed by atoms with Crippen LogP contribution in [0.25, 0.3) is 6.08 Å². The van der Waals surface area contributed by atoms with Gasteiger partial charge in [0.25, 0.3) is 5.91 Å². The standard InChI is InChI=1S/C23H21FN2O4/c1-29-20-10-6-16(7-11-20)12-18(13-25)23(28)30-15-22(27)26(19-8-9-19)14-17-4-2-3-5-21(17)24/h2-7,10-12,19H,8-9,14-15H2,1H3/b18-12+. The number of nitriles is 1. The number of hydrogen-bond acceptors (Lipinski definition) is 5. The van der Waals surface area contributed by atoms with Gasteiger partial charge in [-0.3, -0.25) is 4.79 Å². The monoisotopic (exact) mass is 408 g/mol. The van der Waals surface area contributed by atoms with Crippen LogP contribution in [-0.4, -0.2) is 36.5 Å². The molecule has 1 aliphatic rings. The number of halogens is 1. The summed E-state index contributed by atoms with van der Waals surface area (Å²) in [4.78, 5) is 26.4. The van der Waals surface area contributed by atoms with Gasteiger partial charge in [0, 0.05) is 18.2 Å². The summed E-state index contributed by atoms with van der Waals surface area (Å²) in [6.45, 7) is -0.397. The summed E-state index contributed by atoms with van der Waals surface area (Å²) in [6.07, 6.45) is 3.04. The molecule has 0 atom stereocenters. The number of methoxy groups -OCH3 is 1. The van der Waals surface area contributed by atoms with Gasteiger partial charge in [-0.2, -0.15) is 5.26 Å². The molecule has 2 aromatic rings. The number of amides is 1. The number of ether oxygens (including phenoxy) is 2. The highest BCUT2D eigenvalue weighted by Gasteiger charge is 2.33. The highest BCUT2D eigenvalue weighted by atomic mass is 19.1. The Balaban J connectivity index is 1.62. The van der Waals surface area contributed by atoms with E-state index in [1.54, 1.807) is 48.5 Å². The summed E-state index contributed by atoms with van der Waals surface area (Å²) in [7, 11) is 1.54. The lowest BCUT2D eigenvalue weighted by atomic mass is 10.1. The zero-order valence-corrected chi connectivity index (χ0v) is 16.5. The van der Waals surface area contributed by atoms with E-state index in [-0.39, 0.29) is 24.0 Å². The van der Waals surface area contributed by atoms with Crippen LogP contribution in [0.3, 0.4) is 0 Å². The molecular formula is C23H21FN2O4. The maximum atomic E-state index is 13.9. The highest BCUT2D eigenvalue weighted by Crippen LogP contribution is 2.29. The van der Waals surface area contributed by atoms with E-state index in [0.717, 1.165) is 12.8 Å². The molecule has 0 saturated heterocycles. The fourth-order valence-corrected chi connectivity index (χ4v) is 2.91. The molecule has 30 heavy (non-hydrogen) atoms. The molecule has 0 spiro atoms. The molecule has 0 bridgehead atoms. The molecular weight excluding hydrogens is 387 g/mol. The summed E-state index contributed by atoms with van der Waals surface area (Å²) in [6, 6.07) is 14.8. The minimum absolute atomic E-state index is 0.0149. The van der Waals surface area contributed by atoms with Crippen molar-refractivity contribution in [3.63, 3.8) is 0 Å². The van der Waals surface area contributed by atoms with Crippen LogP contribution >= 0.6 is 0 Å². The SMILES string of the molecule is COc1ccc(/C=C(\C#N)C(=O)OCC(=O)N(Cc2ccccc2F)C2CC2)cc1. The first-order chi connectivity index (χ1) is 14.5. The lowest BCUT2D eigenvalue weighted by Gasteiger charge is -2.22. The maximum Gasteiger partial charge on any atom is 0.349 e. The third-order valence-electron chi connectivity index (χ3n) is 4.70. The van der Waals surface area contributed by atoms with Crippen molar-refractivity contribution < 1.29 is 23.5 Å². The molecule has 1 fully saturated rings. The van der Waals surface area contributed by atoms with Crippen LogP contribution in [0.15, 0.2) is 54.1 Å². The number of carbonyl (C=O) groups is 2. The number of nitrogens with zero attached hydrogens (tertiary/aromatic N) is 2. The maximum absolute atomic E-state index is 13.9. The van der Waals surface area contributed by atoms with Crippen molar-refractivity contribution in [3.05, 3.63) is 71.0 Å². The second kappa shape index (κ2) is 9.70. The normalized spacial score (nSPS) is 13.3. The molecule has 154 valence electrons. The van der Waals surface area contributed by atoms with Crippen molar-refractivity contribution in [1.29, 1.82) is 5.26 Å². The van der Waals surface area contributed by atoms with Crippen molar-refractivity contribution in [2.24, 2.45) is 0 Å². The van der Waals surface area contributed by atoms with Gasteiger partial charge in [-0.15, -0.1) is 0 Å². The second-order valence-electron chi connectivity index (χ2n) is 6.86. The van der Waals surface area contributed by atoms with E-state index < -0.39 is 18.5 Å². The van der Waals surface area contributed by atoms with Gasteiger partial charge in [-0.25, -0.2) is 9.18 Å². The number of rotatable bonds is 8. The van der Waals surface area contributed by atoms with Crippen molar-refractivity contribution in [2.75, 3.05) is 13.7 Å². The highest BCUT2D eigenvalue weighted by molar-refractivity contribution is 5.98. The Morgan fingerprint density at radius 2 is 1.90 bits per heavy atom. The lowest BCUT2D eigenvalue weighted by Crippen LogP contribution is -2.36. The molecule has 0 radical (unpaired) electrons. The predicted octanol–water partition coefficient (Wildman–Crippen LogP) is 3.48. The van der Waals surface area contributed by atoms with Crippen molar-refractivity contribution >= 4 is 18.0 Å². The van der Waals surface area contributed by atoms with Crippen LogP contribution in [0, 0.1) is 17.1 Å². The Bertz CT molecular complexity index is 991. The number of carbonyl (C=O) groups excluding carboxylic acids is 2. The summed E-state index contributed by atoms with van der Waals surface area (Å²) >= 11 is 0. The zero-order valence-electron chi connectivity index (χ0n) is 16.5. The van der Waals surface area contributed by atoms with E-state index in [1.165, 1.54) is 24.2 Å². The lowest BCUT2D eigenvalue weighted by molar-refractivity contribution is -0.149. The van der Waals surface area contributed by atoms with Gasteiger partial charge in [0.15, 0.2) is 6.61 Å². The van der Waals surface area contributed by atoms with E-state index in [4.69, 9.17) is 9.47 Å². The van der Waals surface area contributed by atoms with Crippen molar-refractivity contribution in [1.82, 2.24) is 4.90 Å². The quantitative estimate of drug-likeness (QED) is 0.380. The van der Waals surface area contributed by atoms with Crippen molar-refractivity contribution in [2.45, 2.75) is 25.4 Å². The molecule has 3 rings (SSSR count). The predicted molar refractivity (Wildman–Crippen MR) is 108 cm³/mol. The van der Waals surface area contributed by atoms with Crippen LogP contribution < -0.4 is 4.74 Å².